The highest BCUT2D eigenvalue weighted by Gasteiger charge is 2.24. The Balaban J connectivity index is 1.81. The lowest BCUT2D eigenvalue weighted by Gasteiger charge is -2.29. The average molecular weight is 693 g/mol. The van der Waals surface area contributed by atoms with Crippen molar-refractivity contribution in [1.82, 2.24) is 10.2 Å². The van der Waals surface area contributed by atoms with E-state index in [2.05, 4.69) is 88.7 Å². The molecule has 2 rings (SSSR count). The van der Waals surface area contributed by atoms with Crippen molar-refractivity contribution in [2.24, 2.45) is 11.8 Å². The van der Waals surface area contributed by atoms with Crippen molar-refractivity contribution in [2.45, 2.75) is 138 Å². The van der Waals surface area contributed by atoms with E-state index >= 15 is 0 Å². The molecular weight excluding hydrogens is 620 g/mol. The highest BCUT2D eigenvalue weighted by Crippen LogP contribution is 2.34. The van der Waals surface area contributed by atoms with E-state index in [0.29, 0.717) is 25.0 Å². The van der Waals surface area contributed by atoms with Gasteiger partial charge in [-0.2, -0.15) is 0 Å². The fourth-order valence-electron chi connectivity index (χ4n) is 6.73. The van der Waals surface area contributed by atoms with Crippen LogP contribution in [0.1, 0.15) is 138 Å². The first-order valence-electron chi connectivity index (χ1n) is 19.7. The van der Waals surface area contributed by atoms with Gasteiger partial charge in [-0.25, -0.2) is 0 Å². The van der Waals surface area contributed by atoms with E-state index in [1.165, 1.54) is 33.4 Å². The molecule has 0 aromatic rings. The molecule has 0 radical (unpaired) electrons. The fraction of sp³-hybridized carbons (Fsp3) is 0.682. The summed E-state index contributed by atoms with van der Waals surface area (Å²) in [4.78, 5) is 27.3. The van der Waals surface area contributed by atoms with E-state index in [1.54, 1.807) is 0 Å². The lowest BCUT2D eigenvalue weighted by atomic mass is 9.79. The Morgan fingerprint density at radius 1 is 0.860 bits per heavy atom. The van der Waals surface area contributed by atoms with Crippen LogP contribution in [0.5, 0.6) is 0 Å². The van der Waals surface area contributed by atoms with Gasteiger partial charge in [0.1, 0.15) is 0 Å². The van der Waals surface area contributed by atoms with Gasteiger partial charge in [0.15, 0.2) is 0 Å². The van der Waals surface area contributed by atoms with Crippen LogP contribution in [0, 0.1) is 11.8 Å². The Bertz CT molecular complexity index is 1180. The minimum atomic E-state index is -0.270. The maximum atomic E-state index is 12.7. The number of ether oxygens (including phenoxy) is 2. The van der Waals surface area contributed by atoms with Crippen LogP contribution in [-0.2, 0) is 19.1 Å². The molecule has 2 atom stereocenters. The Morgan fingerprint density at radius 3 is 2.16 bits per heavy atom. The molecule has 6 heteroatoms. The van der Waals surface area contributed by atoms with Crippen molar-refractivity contribution in [3.05, 3.63) is 70.4 Å². The molecular formula is C44H72N2O4. The molecule has 1 saturated heterocycles. The zero-order valence-corrected chi connectivity index (χ0v) is 32.9. The predicted molar refractivity (Wildman–Crippen MR) is 211 cm³/mol. The molecule has 2 aliphatic rings. The number of amides is 1. The smallest absolute Gasteiger partial charge is 0.306 e. The average Bonchev–Trinajstić information content (AvgIpc) is 3.07. The molecule has 6 nitrogen and oxygen atoms in total. The summed E-state index contributed by atoms with van der Waals surface area (Å²) in [6.45, 7) is 23.1. The molecule has 1 aliphatic carbocycles. The van der Waals surface area contributed by atoms with Gasteiger partial charge in [-0.1, -0.05) is 70.4 Å². The van der Waals surface area contributed by atoms with Gasteiger partial charge in [0.2, 0.25) is 5.91 Å². The number of rotatable bonds is 24. The van der Waals surface area contributed by atoms with E-state index in [1.807, 2.05) is 0 Å². The third-order valence-corrected chi connectivity index (χ3v) is 9.77. The molecule has 0 unspecified atom stereocenters. The van der Waals surface area contributed by atoms with Gasteiger partial charge in [0.25, 0.3) is 0 Å². The number of morpholine rings is 1. The molecule has 1 aliphatic heterocycles. The summed E-state index contributed by atoms with van der Waals surface area (Å²) in [7, 11) is 0. The molecule has 1 heterocycles. The minimum Gasteiger partial charge on any atom is -0.465 e. The number of hydrogen-bond donors (Lipinski definition) is 1. The van der Waals surface area contributed by atoms with Crippen LogP contribution in [0.15, 0.2) is 70.4 Å². The lowest BCUT2D eigenvalue weighted by molar-refractivity contribution is -0.146. The second-order valence-electron chi connectivity index (χ2n) is 15.3. The number of carbonyl (C=O) groups is 2. The largest absolute Gasteiger partial charge is 0.465 e. The van der Waals surface area contributed by atoms with Crippen LogP contribution in [-0.4, -0.2) is 62.8 Å². The highest BCUT2D eigenvalue weighted by molar-refractivity contribution is 5.81. The number of esters is 1. The summed E-state index contributed by atoms with van der Waals surface area (Å²) in [5.41, 5.74) is 8.52. The van der Waals surface area contributed by atoms with Gasteiger partial charge in [-0.15, -0.1) is 0 Å². The quantitative estimate of drug-likeness (QED) is 0.0620. The number of nitrogens with zero attached hydrogens (tertiary/aromatic N) is 1. The monoisotopic (exact) mass is 693 g/mol. The molecule has 0 aromatic carbocycles. The van der Waals surface area contributed by atoms with Crippen molar-refractivity contribution in [2.75, 3.05) is 46.0 Å². The van der Waals surface area contributed by atoms with Crippen molar-refractivity contribution in [3.8, 4) is 0 Å². The summed E-state index contributed by atoms with van der Waals surface area (Å²) < 4.78 is 11.2. The van der Waals surface area contributed by atoms with Crippen LogP contribution in [0.2, 0.25) is 0 Å². The summed E-state index contributed by atoms with van der Waals surface area (Å²) in [5.74, 6) is 0.450. The van der Waals surface area contributed by atoms with Crippen LogP contribution in [0.25, 0.3) is 0 Å². The molecule has 0 aromatic heterocycles. The van der Waals surface area contributed by atoms with Crippen LogP contribution in [0.3, 0.4) is 0 Å². The molecule has 1 amide bonds. The minimum absolute atomic E-state index is 0.0781. The fourth-order valence-corrected chi connectivity index (χ4v) is 6.73. The van der Waals surface area contributed by atoms with Crippen LogP contribution in [0.4, 0.5) is 0 Å². The Labute approximate surface area is 306 Å². The maximum Gasteiger partial charge on any atom is 0.306 e. The number of hydrogen-bond acceptors (Lipinski definition) is 5. The normalized spacial score (nSPS) is 18.6. The Kier molecular flexibility index (Phi) is 22.7. The topological polar surface area (TPSA) is 67.9 Å². The summed E-state index contributed by atoms with van der Waals surface area (Å²) in [5, 5.41) is 2.96. The Morgan fingerprint density at radius 2 is 1.50 bits per heavy atom. The van der Waals surface area contributed by atoms with E-state index in [4.69, 9.17) is 9.47 Å². The van der Waals surface area contributed by atoms with E-state index in [0.717, 1.165) is 116 Å². The highest BCUT2D eigenvalue weighted by atomic mass is 16.5. The standard InChI is InChI=1S/C44H72N2O4/c1-35(2)13-8-15-37(5)17-10-18-39(7)21-22-41-31-40(20-11-19-38(6)16-9-14-36(3)4)32-42(33-41)34-50-44(48)24-23-43(47)45-25-12-26-46-27-29-49-30-28-46/h13-14,17,19,31,41-42H,7-12,15-16,18,20-30,32-34H2,1-6H3,(H,45,47)/b37-17+,38-19+/t41-,42-/m0/s1. The summed E-state index contributed by atoms with van der Waals surface area (Å²) >= 11 is 0. The Hall–Kier alpha value is -2.70. The first-order chi connectivity index (χ1) is 24.0. The zero-order valence-electron chi connectivity index (χ0n) is 32.9. The zero-order chi connectivity index (χ0) is 36.6. The second-order valence-corrected chi connectivity index (χ2v) is 15.3. The molecule has 0 bridgehead atoms. The number of carbonyl (C=O) groups excluding carboxylic acids is 2. The van der Waals surface area contributed by atoms with Gasteiger partial charge >= 0.3 is 5.97 Å². The molecule has 1 fully saturated rings. The third-order valence-electron chi connectivity index (χ3n) is 9.77. The van der Waals surface area contributed by atoms with E-state index in [9.17, 15) is 9.59 Å². The molecule has 1 N–H and O–H groups in total. The summed E-state index contributed by atoms with van der Waals surface area (Å²) in [6, 6.07) is 0. The number of nitrogens with one attached hydrogen (secondary N) is 1. The molecule has 282 valence electrons. The van der Waals surface area contributed by atoms with Gasteiger partial charge < -0.3 is 14.8 Å². The maximum absolute atomic E-state index is 12.7. The van der Waals surface area contributed by atoms with Gasteiger partial charge in [0, 0.05) is 26.1 Å². The van der Waals surface area contributed by atoms with Crippen molar-refractivity contribution in [3.63, 3.8) is 0 Å². The van der Waals surface area contributed by atoms with Crippen molar-refractivity contribution >= 4 is 11.9 Å². The predicted octanol–water partition coefficient (Wildman–Crippen LogP) is 10.4. The van der Waals surface area contributed by atoms with E-state index < -0.39 is 0 Å². The SMILES string of the molecule is C=C(CC/C=C(\C)CCC=C(C)C)CC[C@H]1C=C(CC/C=C(\C)CCC=C(C)C)C[C@H](COC(=O)CCC(=O)NCCCN2CCOCC2)C1. The van der Waals surface area contributed by atoms with Gasteiger partial charge in [0.05, 0.1) is 26.2 Å². The second kappa shape index (κ2) is 26.1. The lowest BCUT2D eigenvalue weighted by Crippen LogP contribution is -2.38. The van der Waals surface area contributed by atoms with Crippen molar-refractivity contribution < 1.29 is 19.1 Å². The van der Waals surface area contributed by atoms with Crippen LogP contribution >= 0.6 is 0 Å². The van der Waals surface area contributed by atoms with E-state index in [-0.39, 0.29) is 24.7 Å². The van der Waals surface area contributed by atoms with Crippen molar-refractivity contribution in [1.29, 1.82) is 0 Å². The summed E-state index contributed by atoms with van der Waals surface area (Å²) in [6.07, 6.45) is 26.0. The first kappa shape index (κ1) is 43.5. The van der Waals surface area contributed by atoms with Crippen LogP contribution < -0.4 is 5.32 Å². The third kappa shape index (κ3) is 22.2. The van der Waals surface area contributed by atoms with Gasteiger partial charge in [-0.05, 0) is 143 Å². The number of allylic oxidation sites excluding steroid dienone is 11. The first-order valence-corrected chi connectivity index (χ1v) is 19.7. The molecule has 0 spiro atoms. The van der Waals surface area contributed by atoms with Gasteiger partial charge in [-0.3, -0.25) is 14.5 Å². The molecule has 0 saturated carbocycles. The molecule has 50 heavy (non-hydrogen) atoms.